The molecule has 0 bridgehead atoms. The van der Waals surface area contributed by atoms with Crippen LogP contribution in [0.3, 0.4) is 0 Å². The minimum atomic E-state index is -0.930. The van der Waals surface area contributed by atoms with Gasteiger partial charge >= 0.3 is 5.97 Å². The number of carbonyl (C=O) groups excluding carboxylic acids is 2. The predicted molar refractivity (Wildman–Crippen MR) is 121 cm³/mol. The van der Waals surface area contributed by atoms with Gasteiger partial charge in [0.2, 0.25) is 5.88 Å². The molecule has 1 heterocycles. The Morgan fingerprint density at radius 1 is 1.16 bits per heavy atom. The molecule has 0 spiro atoms. The molecule has 0 saturated heterocycles. The summed E-state index contributed by atoms with van der Waals surface area (Å²) in [7, 11) is 0. The second-order valence-corrected chi connectivity index (χ2v) is 7.34. The highest BCUT2D eigenvalue weighted by atomic mass is 35.5. The number of rotatable bonds is 7. The fraction of sp³-hybridized carbons (Fsp3) is 0.217. The van der Waals surface area contributed by atoms with Gasteiger partial charge < -0.3 is 14.8 Å². The number of hydrogen-bond donors (Lipinski definition) is 1. The number of benzene rings is 2. The maximum atomic E-state index is 12.6. The molecular formula is C23H22ClN3O5. The zero-order valence-electron chi connectivity index (χ0n) is 17.8. The van der Waals surface area contributed by atoms with Gasteiger partial charge in [0.25, 0.3) is 11.5 Å². The third-order valence-corrected chi connectivity index (χ3v) is 4.72. The minimum absolute atomic E-state index is 0.0897. The van der Waals surface area contributed by atoms with Crippen molar-refractivity contribution in [3.8, 4) is 11.6 Å². The number of esters is 1. The molecule has 9 heteroatoms. The molecule has 0 unspecified atom stereocenters. The van der Waals surface area contributed by atoms with Crippen molar-refractivity contribution in [1.29, 1.82) is 0 Å². The molecule has 166 valence electrons. The lowest BCUT2D eigenvalue weighted by molar-refractivity contribution is -0.122. The van der Waals surface area contributed by atoms with E-state index in [0.29, 0.717) is 22.0 Å². The van der Waals surface area contributed by atoms with Gasteiger partial charge in [-0.3, -0.25) is 9.59 Å². The summed E-state index contributed by atoms with van der Waals surface area (Å²) in [5.74, 6) is -0.841. The van der Waals surface area contributed by atoms with E-state index in [2.05, 4.69) is 10.4 Å². The normalized spacial score (nSPS) is 11.5. The van der Waals surface area contributed by atoms with Gasteiger partial charge in [-0.1, -0.05) is 23.7 Å². The van der Waals surface area contributed by atoms with Gasteiger partial charge in [0, 0.05) is 22.8 Å². The van der Waals surface area contributed by atoms with Crippen LogP contribution < -0.4 is 15.6 Å². The molecule has 1 amide bonds. The molecule has 3 aromatic rings. The first-order valence-electron chi connectivity index (χ1n) is 9.90. The zero-order chi connectivity index (χ0) is 23.3. The van der Waals surface area contributed by atoms with Crippen LogP contribution in [0.4, 0.5) is 5.69 Å². The molecule has 32 heavy (non-hydrogen) atoms. The van der Waals surface area contributed by atoms with Crippen LogP contribution in [0.1, 0.15) is 29.8 Å². The summed E-state index contributed by atoms with van der Waals surface area (Å²) in [5.41, 5.74) is 1.69. The third kappa shape index (κ3) is 5.53. The number of aromatic nitrogens is 2. The highest BCUT2D eigenvalue weighted by molar-refractivity contribution is 6.30. The molecule has 0 aliphatic heterocycles. The van der Waals surface area contributed by atoms with Gasteiger partial charge in [-0.2, -0.15) is 4.68 Å². The quantitative estimate of drug-likeness (QED) is 0.544. The maximum absolute atomic E-state index is 12.6. The van der Waals surface area contributed by atoms with Crippen molar-refractivity contribution in [1.82, 2.24) is 9.78 Å². The van der Waals surface area contributed by atoms with Crippen LogP contribution in [0.5, 0.6) is 5.88 Å². The Morgan fingerprint density at radius 2 is 1.94 bits per heavy atom. The molecule has 8 nitrogen and oxygen atoms in total. The highest BCUT2D eigenvalue weighted by Gasteiger charge is 2.18. The van der Waals surface area contributed by atoms with E-state index in [0.717, 1.165) is 5.56 Å². The lowest BCUT2D eigenvalue weighted by Gasteiger charge is -2.15. The molecular weight excluding hydrogens is 434 g/mol. The van der Waals surface area contributed by atoms with Crippen LogP contribution in [-0.2, 0) is 9.53 Å². The average Bonchev–Trinajstić information content (AvgIpc) is 2.77. The van der Waals surface area contributed by atoms with E-state index in [1.165, 1.54) is 22.9 Å². The smallest absolute Gasteiger partial charge is 0.338 e. The fourth-order valence-corrected chi connectivity index (χ4v) is 3.02. The maximum Gasteiger partial charge on any atom is 0.338 e. The summed E-state index contributed by atoms with van der Waals surface area (Å²) < 4.78 is 11.8. The van der Waals surface area contributed by atoms with Crippen molar-refractivity contribution < 1.29 is 19.1 Å². The van der Waals surface area contributed by atoms with Gasteiger partial charge in [0.15, 0.2) is 6.10 Å². The zero-order valence-corrected chi connectivity index (χ0v) is 18.6. The summed E-state index contributed by atoms with van der Waals surface area (Å²) >= 11 is 6.05. The number of anilines is 1. The van der Waals surface area contributed by atoms with Crippen molar-refractivity contribution in [2.45, 2.75) is 26.9 Å². The Morgan fingerprint density at radius 3 is 2.69 bits per heavy atom. The average molecular weight is 456 g/mol. The molecule has 0 radical (unpaired) electrons. The topological polar surface area (TPSA) is 99.5 Å². The number of halogens is 1. The van der Waals surface area contributed by atoms with Gasteiger partial charge in [-0.15, -0.1) is 5.10 Å². The van der Waals surface area contributed by atoms with Crippen molar-refractivity contribution in [3.63, 3.8) is 0 Å². The Balaban J connectivity index is 1.75. The molecule has 1 N–H and O–H groups in total. The van der Waals surface area contributed by atoms with Crippen LogP contribution in [0, 0.1) is 6.92 Å². The molecule has 0 saturated carbocycles. The van der Waals surface area contributed by atoms with Gasteiger partial charge in [-0.05, 0) is 56.7 Å². The summed E-state index contributed by atoms with van der Waals surface area (Å²) in [6, 6.07) is 14.2. The molecule has 2 aromatic carbocycles. The first-order valence-corrected chi connectivity index (χ1v) is 10.3. The van der Waals surface area contributed by atoms with Crippen LogP contribution >= 0.6 is 11.6 Å². The van der Waals surface area contributed by atoms with Crippen LogP contribution in [-0.4, -0.2) is 34.4 Å². The molecule has 1 aromatic heterocycles. The van der Waals surface area contributed by atoms with Crippen molar-refractivity contribution in [2.75, 3.05) is 11.9 Å². The standard InChI is InChI=1S/C23H22ClN3O5/c1-4-31-23(30)16-6-5-7-18(12-16)25-22(29)15(3)32-20-10-11-21(28)27(26-20)19-13-17(24)9-8-14(19)2/h5-13,15H,4H2,1-3H3,(H,25,29)/t15-/m0/s1. The van der Waals surface area contributed by atoms with Crippen LogP contribution in [0.15, 0.2) is 59.4 Å². The molecule has 0 aliphatic rings. The van der Waals surface area contributed by atoms with E-state index in [4.69, 9.17) is 21.1 Å². The lowest BCUT2D eigenvalue weighted by Crippen LogP contribution is -2.31. The number of aryl methyl sites for hydroxylation is 1. The Bertz CT molecular complexity index is 1210. The Labute approximate surface area is 189 Å². The Kier molecular flexibility index (Phi) is 7.27. The van der Waals surface area contributed by atoms with E-state index in [1.54, 1.807) is 50.2 Å². The lowest BCUT2D eigenvalue weighted by atomic mass is 10.2. The Hall–Kier alpha value is -3.65. The number of nitrogens with one attached hydrogen (secondary N) is 1. The van der Waals surface area contributed by atoms with Crippen molar-refractivity contribution in [3.05, 3.63) is 81.1 Å². The molecule has 3 rings (SSSR count). The van der Waals surface area contributed by atoms with Crippen LogP contribution in [0.2, 0.25) is 5.02 Å². The second-order valence-electron chi connectivity index (χ2n) is 6.90. The monoisotopic (exact) mass is 455 g/mol. The molecule has 0 fully saturated rings. The predicted octanol–water partition coefficient (Wildman–Crippen LogP) is 3.78. The van der Waals surface area contributed by atoms with E-state index in [1.807, 2.05) is 6.92 Å². The first kappa shape index (κ1) is 23.0. The summed E-state index contributed by atoms with van der Waals surface area (Å²) in [5, 5.41) is 7.36. The second kappa shape index (κ2) is 10.1. The number of hydrogen-bond acceptors (Lipinski definition) is 6. The number of nitrogens with zero attached hydrogens (tertiary/aromatic N) is 2. The SMILES string of the molecule is CCOC(=O)c1cccc(NC(=O)[C@H](C)Oc2ccc(=O)n(-c3cc(Cl)ccc3C)n2)c1. The van der Waals surface area contributed by atoms with Gasteiger partial charge in [0.05, 0.1) is 17.9 Å². The van der Waals surface area contributed by atoms with E-state index in [9.17, 15) is 14.4 Å². The van der Waals surface area contributed by atoms with Crippen molar-refractivity contribution >= 4 is 29.2 Å². The first-order chi connectivity index (χ1) is 15.3. The van der Waals surface area contributed by atoms with E-state index < -0.39 is 18.0 Å². The van der Waals surface area contributed by atoms with E-state index in [-0.39, 0.29) is 18.0 Å². The molecule has 0 aliphatic carbocycles. The molecule has 1 atom stereocenters. The summed E-state index contributed by atoms with van der Waals surface area (Å²) in [4.78, 5) is 36.8. The van der Waals surface area contributed by atoms with Gasteiger partial charge in [0.1, 0.15) is 0 Å². The fourth-order valence-electron chi connectivity index (χ4n) is 2.86. The number of amides is 1. The van der Waals surface area contributed by atoms with Gasteiger partial charge in [-0.25, -0.2) is 4.79 Å². The van der Waals surface area contributed by atoms with Crippen molar-refractivity contribution in [2.24, 2.45) is 0 Å². The largest absolute Gasteiger partial charge is 0.463 e. The highest BCUT2D eigenvalue weighted by Crippen LogP contribution is 2.19. The van der Waals surface area contributed by atoms with E-state index >= 15 is 0 Å². The number of ether oxygens (including phenoxy) is 2. The summed E-state index contributed by atoms with van der Waals surface area (Å²) in [6.45, 7) is 5.34. The minimum Gasteiger partial charge on any atom is -0.463 e. The van der Waals surface area contributed by atoms with Crippen LogP contribution in [0.25, 0.3) is 5.69 Å². The number of carbonyl (C=O) groups is 2. The third-order valence-electron chi connectivity index (χ3n) is 4.48. The summed E-state index contributed by atoms with van der Waals surface area (Å²) in [6.07, 6.45) is -0.930.